The summed E-state index contributed by atoms with van der Waals surface area (Å²) in [6, 6.07) is 6.49. The summed E-state index contributed by atoms with van der Waals surface area (Å²) in [5.74, 6) is 0.456. The molecule has 1 aromatic carbocycles. The molecule has 16 heavy (non-hydrogen) atoms. The first-order valence-electron chi connectivity index (χ1n) is 5.17. The minimum absolute atomic E-state index is 0.100. The highest BCUT2D eigenvalue weighted by molar-refractivity contribution is 5.34. The van der Waals surface area contributed by atoms with Crippen molar-refractivity contribution in [3.8, 4) is 0 Å². The number of nitro benzene ring substituents is 1. The number of nitrogens with zero attached hydrogens (tertiary/aromatic N) is 1. The van der Waals surface area contributed by atoms with Crippen molar-refractivity contribution < 1.29 is 9.76 Å². The first-order chi connectivity index (χ1) is 7.59. The molecule has 0 heterocycles. The molecule has 1 aromatic rings. The average molecular weight is 224 g/mol. The van der Waals surface area contributed by atoms with Gasteiger partial charge in [0.2, 0.25) is 0 Å². The van der Waals surface area contributed by atoms with Gasteiger partial charge in [0.05, 0.1) is 11.5 Å². The number of nitrogens with one attached hydrogen (secondary N) is 1. The normalized spacial score (nSPS) is 10.7. The second kappa shape index (κ2) is 6.19. The van der Waals surface area contributed by atoms with Gasteiger partial charge in [-0.3, -0.25) is 10.1 Å². The summed E-state index contributed by atoms with van der Waals surface area (Å²) in [6.07, 6.45) is 0. The third kappa shape index (κ3) is 4.37. The molecule has 0 atom stereocenters. The summed E-state index contributed by atoms with van der Waals surface area (Å²) in [5, 5.41) is 10.5. The molecule has 0 aliphatic heterocycles. The SMILES string of the molecule is CC(C)CONCc1cccc([N+](=O)[O-])c1. The number of benzene rings is 1. The Labute approximate surface area is 94.5 Å². The van der Waals surface area contributed by atoms with Gasteiger partial charge in [-0.1, -0.05) is 26.0 Å². The zero-order chi connectivity index (χ0) is 12.0. The van der Waals surface area contributed by atoms with Crippen LogP contribution in [0.5, 0.6) is 0 Å². The van der Waals surface area contributed by atoms with E-state index >= 15 is 0 Å². The summed E-state index contributed by atoms with van der Waals surface area (Å²) in [5.41, 5.74) is 3.71. The second-order valence-corrected chi connectivity index (χ2v) is 3.95. The van der Waals surface area contributed by atoms with E-state index in [4.69, 9.17) is 4.84 Å². The van der Waals surface area contributed by atoms with E-state index in [-0.39, 0.29) is 5.69 Å². The Morgan fingerprint density at radius 1 is 1.50 bits per heavy atom. The molecule has 0 unspecified atom stereocenters. The van der Waals surface area contributed by atoms with E-state index in [1.807, 2.05) is 6.07 Å². The van der Waals surface area contributed by atoms with Crippen LogP contribution in [0.2, 0.25) is 0 Å². The molecule has 5 nitrogen and oxygen atoms in total. The van der Waals surface area contributed by atoms with Crippen molar-refractivity contribution in [2.45, 2.75) is 20.4 Å². The molecule has 88 valence electrons. The summed E-state index contributed by atoms with van der Waals surface area (Å²) in [6.45, 7) is 5.19. The lowest BCUT2D eigenvalue weighted by atomic mass is 10.2. The molecule has 5 heteroatoms. The van der Waals surface area contributed by atoms with E-state index < -0.39 is 4.92 Å². The highest BCUT2D eigenvalue weighted by atomic mass is 16.6. The van der Waals surface area contributed by atoms with Crippen LogP contribution in [0.25, 0.3) is 0 Å². The van der Waals surface area contributed by atoms with Crippen molar-refractivity contribution in [1.82, 2.24) is 5.48 Å². The third-order valence-electron chi connectivity index (χ3n) is 1.92. The Bertz CT molecular complexity index is 353. The van der Waals surface area contributed by atoms with E-state index in [1.54, 1.807) is 6.07 Å². The Kier molecular flexibility index (Phi) is 4.88. The summed E-state index contributed by atoms with van der Waals surface area (Å²) in [4.78, 5) is 15.3. The van der Waals surface area contributed by atoms with Crippen LogP contribution in [-0.4, -0.2) is 11.5 Å². The Hall–Kier alpha value is -1.46. The Morgan fingerprint density at radius 3 is 2.88 bits per heavy atom. The van der Waals surface area contributed by atoms with Crippen LogP contribution in [0, 0.1) is 16.0 Å². The lowest BCUT2D eigenvalue weighted by Crippen LogP contribution is -2.17. The topological polar surface area (TPSA) is 64.4 Å². The van der Waals surface area contributed by atoms with Gasteiger partial charge in [0.25, 0.3) is 5.69 Å². The minimum atomic E-state index is -0.404. The third-order valence-corrected chi connectivity index (χ3v) is 1.92. The van der Waals surface area contributed by atoms with E-state index in [0.717, 1.165) is 5.56 Å². The first-order valence-corrected chi connectivity index (χ1v) is 5.17. The van der Waals surface area contributed by atoms with Gasteiger partial charge in [0.1, 0.15) is 0 Å². The van der Waals surface area contributed by atoms with Gasteiger partial charge in [-0.25, -0.2) is 0 Å². The molecule has 0 radical (unpaired) electrons. The highest BCUT2D eigenvalue weighted by Crippen LogP contribution is 2.12. The molecule has 0 bridgehead atoms. The fourth-order valence-electron chi connectivity index (χ4n) is 1.14. The van der Waals surface area contributed by atoms with Crippen molar-refractivity contribution in [3.63, 3.8) is 0 Å². The Morgan fingerprint density at radius 2 is 2.25 bits per heavy atom. The predicted octanol–water partition coefficient (Wildman–Crippen LogP) is 2.27. The molecule has 0 fully saturated rings. The molecule has 0 amide bonds. The fourth-order valence-corrected chi connectivity index (χ4v) is 1.14. The molecule has 0 aliphatic carbocycles. The molecule has 0 aromatic heterocycles. The zero-order valence-corrected chi connectivity index (χ0v) is 9.47. The maximum absolute atomic E-state index is 10.5. The first kappa shape index (κ1) is 12.6. The molecule has 1 N–H and O–H groups in total. The van der Waals surface area contributed by atoms with Crippen molar-refractivity contribution in [3.05, 3.63) is 39.9 Å². The van der Waals surface area contributed by atoms with Gasteiger partial charge in [-0.15, -0.1) is 0 Å². The Balaban J connectivity index is 2.42. The number of nitro groups is 1. The van der Waals surface area contributed by atoms with E-state index in [2.05, 4.69) is 19.3 Å². The van der Waals surface area contributed by atoms with Crippen molar-refractivity contribution in [2.24, 2.45) is 5.92 Å². The quantitative estimate of drug-likeness (QED) is 0.457. The largest absolute Gasteiger partial charge is 0.301 e. The molecule has 0 saturated heterocycles. The molecule has 0 aliphatic rings. The second-order valence-electron chi connectivity index (χ2n) is 3.95. The number of rotatable bonds is 6. The monoisotopic (exact) mass is 224 g/mol. The van der Waals surface area contributed by atoms with Gasteiger partial charge >= 0.3 is 0 Å². The van der Waals surface area contributed by atoms with Gasteiger partial charge < -0.3 is 4.84 Å². The van der Waals surface area contributed by atoms with Gasteiger partial charge in [0, 0.05) is 18.7 Å². The van der Waals surface area contributed by atoms with Crippen molar-refractivity contribution >= 4 is 5.69 Å². The predicted molar refractivity (Wildman–Crippen MR) is 60.7 cm³/mol. The molecular weight excluding hydrogens is 208 g/mol. The summed E-state index contributed by atoms with van der Waals surface area (Å²) >= 11 is 0. The molecule has 1 rings (SSSR count). The van der Waals surface area contributed by atoms with E-state index in [9.17, 15) is 10.1 Å². The van der Waals surface area contributed by atoms with E-state index in [1.165, 1.54) is 12.1 Å². The maximum atomic E-state index is 10.5. The smallest absolute Gasteiger partial charge is 0.269 e. The maximum Gasteiger partial charge on any atom is 0.269 e. The summed E-state index contributed by atoms with van der Waals surface area (Å²) < 4.78 is 0. The van der Waals surface area contributed by atoms with Crippen LogP contribution in [-0.2, 0) is 11.4 Å². The van der Waals surface area contributed by atoms with Crippen LogP contribution in [0.15, 0.2) is 24.3 Å². The van der Waals surface area contributed by atoms with Crippen LogP contribution >= 0.6 is 0 Å². The van der Waals surface area contributed by atoms with Crippen molar-refractivity contribution in [1.29, 1.82) is 0 Å². The van der Waals surface area contributed by atoms with Crippen LogP contribution < -0.4 is 5.48 Å². The number of hydroxylamine groups is 1. The zero-order valence-electron chi connectivity index (χ0n) is 9.47. The molecule has 0 spiro atoms. The van der Waals surface area contributed by atoms with Crippen LogP contribution in [0.4, 0.5) is 5.69 Å². The lowest BCUT2D eigenvalue weighted by Gasteiger charge is -2.07. The summed E-state index contributed by atoms with van der Waals surface area (Å²) in [7, 11) is 0. The van der Waals surface area contributed by atoms with Gasteiger partial charge in [0.15, 0.2) is 0 Å². The molecule has 0 saturated carbocycles. The van der Waals surface area contributed by atoms with Gasteiger partial charge in [-0.2, -0.15) is 5.48 Å². The van der Waals surface area contributed by atoms with Crippen molar-refractivity contribution in [2.75, 3.05) is 6.61 Å². The standard InChI is InChI=1S/C11H16N2O3/c1-9(2)8-16-12-7-10-4-3-5-11(6-10)13(14)15/h3-6,9,12H,7-8H2,1-2H3. The highest BCUT2D eigenvalue weighted by Gasteiger charge is 2.05. The lowest BCUT2D eigenvalue weighted by molar-refractivity contribution is -0.384. The van der Waals surface area contributed by atoms with Crippen LogP contribution in [0.3, 0.4) is 0 Å². The van der Waals surface area contributed by atoms with Gasteiger partial charge in [-0.05, 0) is 11.5 Å². The molecular formula is C11H16N2O3. The average Bonchev–Trinajstić information content (AvgIpc) is 2.24. The van der Waals surface area contributed by atoms with E-state index in [0.29, 0.717) is 19.1 Å². The minimum Gasteiger partial charge on any atom is -0.301 e. The number of hydrogen-bond acceptors (Lipinski definition) is 4. The fraction of sp³-hybridized carbons (Fsp3) is 0.455. The van der Waals surface area contributed by atoms with Crippen LogP contribution in [0.1, 0.15) is 19.4 Å². The number of hydrogen-bond donors (Lipinski definition) is 1. The number of non-ortho nitro benzene ring substituents is 1.